The number of ketones is 1. The number of hydrogen-bond donors (Lipinski definition) is 1. The predicted octanol–water partition coefficient (Wildman–Crippen LogP) is 8.90. The van der Waals surface area contributed by atoms with Crippen LogP contribution in [0.3, 0.4) is 0 Å². The fourth-order valence-electron chi connectivity index (χ4n) is 8.41. The summed E-state index contributed by atoms with van der Waals surface area (Å²) in [6, 6.07) is 16.0. The second kappa shape index (κ2) is 9.80. The van der Waals surface area contributed by atoms with E-state index in [4.69, 9.17) is 0 Å². The van der Waals surface area contributed by atoms with Crippen LogP contribution in [-0.4, -0.2) is 34.8 Å². The largest absolute Gasteiger partial charge is 0.456 e. The molecule has 0 bridgehead atoms. The van der Waals surface area contributed by atoms with Gasteiger partial charge in [0.15, 0.2) is 5.78 Å². The lowest BCUT2D eigenvalue weighted by atomic mass is 9.50. The average molecular weight is 589 g/mol. The fourth-order valence-corrected chi connectivity index (χ4v) is 8.81. The van der Waals surface area contributed by atoms with Crippen molar-refractivity contribution in [1.82, 2.24) is 0 Å². The van der Waals surface area contributed by atoms with Crippen LogP contribution in [0.1, 0.15) is 63.4 Å². The molecule has 0 spiro atoms. The zero-order valence-electron chi connectivity index (χ0n) is 23.0. The van der Waals surface area contributed by atoms with Crippen molar-refractivity contribution in [3.8, 4) is 11.1 Å². The minimum atomic E-state index is -5.85. The topological polar surface area (TPSA) is 37.3 Å². The van der Waals surface area contributed by atoms with Gasteiger partial charge in [0, 0.05) is 22.6 Å². The summed E-state index contributed by atoms with van der Waals surface area (Å²) in [6.45, 7) is 1.45. The van der Waals surface area contributed by atoms with Crippen LogP contribution in [0.5, 0.6) is 0 Å². The SMILES string of the molecule is CSc1ccc(-c2ccc(C3C[C@@]4(C)[C@@H](CCC4(O)C(F)(F)C(F)(F)F)[C@@H]4CCC5=CC(=O)CCC5=C34)cc2)cc1. The summed E-state index contributed by atoms with van der Waals surface area (Å²) in [4.78, 5) is 13.4. The Labute approximate surface area is 241 Å². The second-order valence-electron chi connectivity index (χ2n) is 12.3. The molecule has 5 atom stereocenters. The lowest BCUT2D eigenvalue weighted by Gasteiger charge is -2.56. The Morgan fingerprint density at radius 1 is 0.902 bits per heavy atom. The van der Waals surface area contributed by atoms with Crippen molar-refractivity contribution in [2.45, 2.75) is 80.4 Å². The monoisotopic (exact) mass is 588 g/mol. The molecule has 2 aromatic carbocycles. The van der Waals surface area contributed by atoms with Gasteiger partial charge in [-0.3, -0.25) is 4.79 Å². The predicted molar refractivity (Wildman–Crippen MR) is 150 cm³/mol. The number of aliphatic hydroxyl groups is 1. The Morgan fingerprint density at radius 2 is 1.54 bits per heavy atom. The van der Waals surface area contributed by atoms with E-state index in [1.54, 1.807) is 17.8 Å². The van der Waals surface area contributed by atoms with Crippen LogP contribution in [0.4, 0.5) is 22.0 Å². The normalized spacial score (nSPS) is 31.9. The van der Waals surface area contributed by atoms with Crippen molar-refractivity contribution in [3.63, 3.8) is 0 Å². The quantitative estimate of drug-likeness (QED) is 0.286. The third-order valence-corrected chi connectivity index (χ3v) is 11.2. The molecule has 0 amide bonds. The molecular weight excluding hydrogens is 555 g/mol. The molecule has 4 aliphatic carbocycles. The molecule has 6 rings (SSSR count). The number of carbonyl (C=O) groups is 1. The molecule has 2 fully saturated rings. The number of thioether (sulfide) groups is 1. The van der Waals surface area contributed by atoms with Crippen molar-refractivity contribution in [1.29, 1.82) is 0 Å². The van der Waals surface area contributed by atoms with Crippen molar-refractivity contribution in [3.05, 3.63) is 76.9 Å². The highest BCUT2D eigenvalue weighted by atomic mass is 32.2. The molecule has 0 aromatic heterocycles. The molecule has 2 nitrogen and oxygen atoms in total. The Kier molecular flexibility index (Phi) is 6.85. The molecule has 0 radical (unpaired) electrons. The van der Waals surface area contributed by atoms with Gasteiger partial charge in [0.2, 0.25) is 0 Å². The molecule has 0 aliphatic heterocycles. The number of rotatable bonds is 4. The Balaban J connectivity index is 1.47. The van der Waals surface area contributed by atoms with Gasteiger partial charge in [-0.2, -0.15) is 22.0 Å². The van der Waals surface area contributed by atoms with Crippen LogP contribution < -0.4 is 0 Å². The van der Waals surface area contributed by atoms with E-state index in [1.165, 1.54) is 6.92 Å². The van der Waals surface area contributed by atoms with Crippen LogP contribution in [-0.2, 0) is 4.79 Å². The van der Waals surface area contributed by atoms with Crippen LogP contribution in [0.2, 0.25) is 0 Å². The van der Waals surface area contributed by atoms with E-state index < -0.39 is 41.4 Å². The highest BCUT2D eigenvalue weighted by Gasteiger charge is 2.79. The van der Waals surface area contributed by atoms with E-state index >= 15 is 8.78 Å². The van der Waals surface area contributed by atoms with Gasteiger partial charge in [-0.1, -0.05) is 48.9 Å². The smallest absolute Gasteiger partial charge is 0.383 e. The third kappa shape index (κ3) is 4.26. The third-order valence-electron chi connectivity index (χ3n) is 10.5. The standard InChI is InChI=1S/C33H33F5O2S/c1-30-18-27(21-5-3-19(4-6-21)20-7-11-24(41-2)12-8-20)29-25-14-10-23(39)17-22(25)9-13-26(29)28(30)15-16-31(30,40)32(34,35)33(36,37)38/h3-8,11-12,17,26-28,40H,9-10,13-16,18H2,1-2H3/t26-,27?,28-,30-,31?/m0/s1. The molecule has 0 heterocycles. The minimum Gasteiger partial charge on any atom is -0.383 e. The zero-order chi connectivity index (χ0) is 29.4. The molecule has 1 N–H and O–H groups in total. The molecule has 2 saturated carbocycles. The highest BCUT2D eigenvalue weighted by Crippen LogP contribution is 2.70. The first-order chi connectivity index (χ1) is 19.3. The van der Waals surface area contributed by atoms with Gasteiger partial charge in [0.25, 0.3) is 0 Å². The van der Waals surface area contributed by atoms with Gasteiger partial charge in [-0.15, -0.1) is 11.8 Å². The van der Waals surface area contributed by atoms with Gasteiger partial charge in [-0.05, 0) is 103 Å². The summed E-state index contributed by atoms with van der Waals surface area (Å²) < 4.78 is 71.6. The van der Waals surface area contributed by atoms with E-state index in [-0.39, 0.29) is 24.5 Å². The molecule has 4 aliphatic rings. The lowest BCUT2D eigenvalue weighted by Crippen LogP contribution is -2.65. The molecule has 218 valence electrons. The maximum Gasteiger partial charge on any atom is 0.456 e. The molecular formula is C33H33F5O2S. The van der Waals surface area contributed by atoms with Crippen LogP contribution in [0.25, 0.3) is 11.1 Å². The number of benzene rings is 2. The van der Waals surface area contributed by atoms with Gasteiger partial charge in [0.05, 0.1) is 0 Å². The number of carbonyl (C=O) groups excluding carboxylic acids is 1. The minimum absolute atomic E-state index is 0.0157. The molecule has 8 heteroatoms. The van der Waals surface area contributed by atoms with Gasteiger partial charge in [0.1, 0.15) is 5.60 Å². The summed E-state index contributed by atoms with van der Waals surface area (Å²) >= 11 is 1.65. The lowest BCUT2D eigenvalue weighted by molar-refractivity contribution is -0.362. The maximum absolute atomic E-state index is 15.2. The van der Waals surface area contributed by atoms with E-state index in [0.717, 1.165) is 38.3 Å². The molecule has 2 aromatic rings. The summed E-state index contributed by atoms with van der Waals surface area (Å²) in [5.41, 5.74) is 1.11. The first-order valence-electron chi connectivity index (χ1n) is 14.2. The second-order valence-corrected chi connectivity index (χ2v) is 13.2. The first-order valence-corrected chi connectivity index (χ1v) is 15.4. The number of fused-ring (bicyclic) bond motifs is 4. The van der Waals surface area contributed by atoms with Crippen LogP contribution in [0.15, 0.2) is 76.2 Å². The molecule has 0 saturated heterocycles. The van der Waals surface area contributed by atoms with E-state index in [1.807, 2.05) is 54.8 Å². The Bertz CT molecular complexity index is 1430. The van der Waals surface area contributed by atoms with E-state index in [9.17, 15) is 23.1 Å². The van der Waals surface area contributed by atoms with E-state index in [0.29, 0.717) is 25.7 Å². The van der Waals surface area contributed by atoms with Crippen LogP contribution >= 0.6 is 11.8 Å². The first kappa shape index (κ1) is 28.7. The van der Waals surface area contributed by atoms with Crippen LogP contribution in [0, 0.1) is 17.3 Å². The van der Waals surface area contributed by atoms with Gasteiger partial charge >= 0.3 is 12.1 Å². The summed E-state index contributed by atoms with van der Waals surface area (Å²) in [5, 5.41) is 11.4. The van der Waals surface area contributed by atoms with Crippen molar-refractivity contribution in [2.24, 2.45) is 17.3 Å². The zero-order valence-corrected chi connectivity index (χ0v) is 23.8. The van der Waals surface area contributed by atoms with Crippen molar-refractivity contribution < 1.29 is 31.9 Å². The highest BCUT2D eigenvalue weighted by molar-refractivity contribution is 7.98. The Morgan fingerprint density at radius 3 is 2.15 bits per heavy atom. The summed E-state index contributed by atoms with van der Waals surface area (Å²) in [7, 11) is 0. The molecule has 2 unspecified atom stereocenters. The summed E-state index contributed by atoms with van der Waals surface area (Å²) in [5.74, 6) is -6.34. The summed E-state index contributed by atoms with van der Waals surface area (Å²) in [6.07, 6.45) is -0.580. The van der Waals surface area contributed by atoms with Gasteiger partial charge in [-0.25, -0.2) is 0 Å². The van der Waals surface area contributed by atoms with Crippen molar-refractivity contribution >= 4 is 17.5 Å². The number of allylic oxidation sites excluding steroid dienone is 4. The average Bonchev–Trinajstić information content (AvgIpc) is 3.23. The Hall–Kier alpha value is -2.45. The van der Waals surface area contributed by atoms with Crippen molar-refractivity contribution in [2.75, 3.05) is 6.26 Å². The number of hydrogen-bond acceptors (Lipinski definition) is 3. The fraction of sp³-hybridized carbons (Fsp3) is 0.485. The number of halogens is 5. The van der Waals surface area contributed by atoms with Gasteiger partial charge < -0.3 is 5.11 Å². The maximum atomic E-state index is 15.2. The van der Waals surface area contributed by atoms with E-state index in [2.05, 4.69) is 0 Å². The molecule has 41 heavy (non-hydrogen) atoms. The number of alkyl halides is 5.